The van der Waals surface area contributed by atoms with Crippen molar-refractivity contribution in [3.8, 4) is 0 Å². The predicted octanol–water partition coefficient (Wildman–Crippen LogP) is 1.26. The zero-order chi connectivity index (χ0) is 34.4. The number of fused-ring (bicyclic) bond motifs is 2. The summed E-state index contributed by atoms with van der Waals surface area (Å²) in [5.41, 5.74) is 2.35. The summed E-state index contributed by atoms with van der Waals surface area (Å²) < 4.78 is 5.81. The Morgan fingerprint density at radius 1 is 0.875 bits per heavy atom. The van der Waals surface area contributed by atoms with Gasteiger partial charge in [0.1, 0.15) is 36.3 Å². The molecular weight excluding hydrogens is 616 g/mol. The van der Waals surface area contributed by atoms with E-state index in [-0.39, 0.29) is 19.3 Å². The average Bonchev–Trinajstić information content (AvgIpc) is 3.74. The Balaban J connectivity index is 1.50. The quantitative estimate of drug-likeness (QED) is 0.248. The minimum absolute atomic E-state index is 0.0507. The number of amides is 5. The first-order valence-electron chi connectivity index (χ1n) is 16.4. The van der Waals surface area contributed by atoms with E-state index in [0.717, 1.165) is 22.0 Å². The van der Waals surface area contributed by atoms with Crippen LogP contribution in [0, 0.1) is 0 Å². The first-order valence-corrected chi connectivity index (χ1v) is 16.4. The largest absolute Gasteiger partial charge is 0.458 e. The number of carbonyl (C=O) groups is 6. The normalized spacial score (nSPS) is 25.9. The van der Waals surface area contributed by atoms with Gasteiger partial charge in [0.05, 0.1) is 0 Å². The van der Waals surface area contributed by atoms with E-state index in [4.69, 9.17) is 4.74 Å². The van der Waals surface area contributed by atoms with Crippen molar-refractivity contribution in [3.05, 3.63) is 71.9 Å². The minimum atomic E-state index is -1.37. The van der Waals surface area contributed by atoms with Crippen LogP contribution in [0.25, 0.3) is 10.9 Å². The van der Waals surface area contributed by atoms with Gasteiger partial charge in [-0.15, -0.1) is 0 Å². The summed E-state index contributed by atoms with van der Waals surface area (Å²) >= 11 is 0. The van der Waals surface area contributed by atoms with Crippen molar-refractivity contribution in [2.24, 2.45) is 0 Å². The number of para-hydroxylation sites is 1. The summed E-state index contributed by atoms with van der Waals surface area (Å²) in [7, 11) is 0. The van der Waals surface area contributed by atoms with Gasteiger partial charge < -0.3 is 35.9 Å². The van der Waals surface area contributed by atoms with Crippen molar-refractivity contribution in [3.63, 3.8) is 0 Å². The van der Waals surface area contributed by atoms with Gasteiger partial charge >= 0.3 is 5.97 Å². The average molecular weight is 659 g/mol. The third-order valence-electron chi connectivity index (χ3n) is 8.87. The van der Waals surface area contributed by atoms with E-state index in [1.807, 2.05) is 30.3 Å². The second-order valence-electron chi connectivity index (χ2n) is 12.3. The Kier molecular flexibility index (Phi) is 10.8. The molecule has 2 saturated heterocycles. The summed E-state index contributed by atoms with van der Waals surface area (Å²) in [6.45, 7) is 4.91. The fourth-order valence-corrected chi connectivity index (χ4v) is 6.23. The number of benzene rings is 2. The Hall–Kier alpha value is -5.20. The second kappa shape index (κ2) is 15.1. The van der Waals surface area contributed by atoms with Crippen molar-refractivity contribution >= 4 is 46.4 Å². The second-order valence-corrected chi connectivity index (χ2v) is 12.3. The van der Waals surface area contributed by atoms with Gasteiger partial charge in [0, 0.05) is 42.9 Å². The first kappa shape index (κ1) is 34.1. The highest BCUT2D eigenvalue weighted by molar-refractivity contribution is 5.97. The number of nitrogens with zero attached hydrogens (tertiary/aromatic N) is 1. The molecule has 2 aromatic carbocycles. The zero-order valence-electron chi connectivity index (χ0n) is 27.3. The van der Waals surface area contributed by atoms with Crippen molar-refractivity contribution < 1.29 is 33.5 Å². The highest BCUT2D eigenvalue weighted by Gasteiger charge is 2.40. The third kappa shape index (κ3) is 7.84. The summed E-state index contributed by atoms with van der Waals surface area (Å²) in [4.78, 5) is 85.8. The number of H-pyrrole nitrogens is 1. The first-order chi connectivity index (χ1) is 23.0. The van der Waals surface area contributed by atoms with E-state index >= 15 is 0 Å². The lowest BCUT2D eigenvalue weighted by molar-refractivity contribution is -0.156. The third-order valence-corrected chi connectivity index (χ3v) is 8.87. The maximum atomic E-state index is 13.9. The van der Waals surface area contributed by atoms with Gasteiger partial charge in [0.2, 0.25) is 29.5 Å². The number of rotatable bonds is 6. The lowest BCUT2D eigenvalue weighted by Gasteiger charge is -2.31. The van der Waals surface area contributed by atoms with Crippen LogP contribution in [0.2, 0.25) is 0 Å². The number of aromatic nitrogens is 1. The molecule has 2 aliphatic heterocycles. The summed E-state index contributed by atoms with van der Waals surface area (Å²) in [6, 6.07) is 11.0. The molecule has 0 bridgehead atoms. The zero-order valence-corrected chi connectivity index (χ0v) is 27.3. The van der Waals surface area contributed by atoms with Gasteiger partial charge in [0.15, 0.2) is 0 Å². The van der Waals surface area contributed by atoms with Gasteiger partial charge in [-0.05, 0) is 43.9 Å². The SMILES string of the molecule is CCC(=O)NC1C(=O)N[C@H](Cc2ccccc2)C(=O)N[C@H](C)C(=O)N2CCCC2C(=O)N[C@@H](Cc2c[nH]c3ccccc23)C(=O)O[C@@H]1C. The van der Waals surface area contributed by atoms with Crippen LogP contribution in [0.1, 0.15) is 51.2 Å². The van der Waals surface area contributed by atoms with Crippen LogP contribution in [0.5, 0.6) is 0 Å². The lowest BCUT2D eigenvalue weighted by atomic mass is 10.0. The highest BCUT2D eigenvalue weighted by Crippen LogP contribution is 2.22. The fraction of sp³-hybridized carbons (Fsp3) is 0.429. The molecule has 48 heavy (non-hydrogen) atoms. The van der Waals surface area contributed by atoms with Crippen molar-refractivity contribution in [2.75, 3.05) is 6.54 Å². The molecule has 2 fully saturated rings. The van der Waals surface area contributed by atoms with Crippen molar-refractivity contribution in [1.29, 1.82) is 0 Å². The Labute approximate surface area is 278 Å². The van der Waals surface area contributed by atoms with Crippen molar-refractivity contribution in [2.45, 2.75) is 89.2 Å². The molecular formula is C35H42N6O7. The number of hydrogen-bond donors (Lipinski definition) is 5. The van der Waals surface area contributed by atoms with Gasteiger partial charge in [-0.1, -0.05) is 55.5 Å². The van der Waals surface area contributed by atoms with Crippen LogP contribution in [0.4, 0.5) is 0 Å². The summed E-state index contributed by atoms with van der Waals surface area (Å²) in [5, 5.41) is 11.7. The van der Waals surface area contributed by atoms with Crippen molar-refractivity contribution in [1.82, 2.24) is 31.2 Å². The van der Waals surface area contributed by atoms with Crippen LogP contribution < -0.4 is 21.3 Å². The van der Waals surface area contributed by atoms with E-state index in [1.165, 1.54) is 18.7 Å². The van der Waals surface area contributed by atoms with E-state index in [9.17, 15) is 28.8 Å². The molecule has 3 heterocycles. The fourth-order valence-electron chi connectivity index (χ4n) is 6.23. The molecule has 5 amide bonds. The number of ether oxygens (including phenoxy) is 1. The predicted molar refractivity (Wildman–Crippen MR) is 176 cm³/mol. The van der Waals surface area contributed by atoms with Gasteiger partial charge in [-0.3, -0.25) is 24.0 Å². The molecule has 0 saturated carbocycles. The minimum Gasteiger partial charge on any atom is -0.458 e. The molecule has 2 unspecified atom stereocenters. The van der Waals surface area contributed by atoms with E-state index in [2.05, 4.69) is 26.3 Å². The highest BCUT2D eigenvalue weighted by atomic mass is 16.5. The number of aromatic amines is 1. The summed E-state index contributed by atoms with van der Waals surface area (Å²) in [6.07, 6.45) is 1.70. The lowest BCUT2D eigenvalue weighted by Crippen LogP contribution is -2.61. The van der Waals surface area contributed by atoms with Crippen LogP contribution in [-0.2, 0) is 46.3 Å². The Morgan fingerprint density at radius 2 is 1.58 bits per heavy atom. The molecule has 13 heteroatoms. The van der Waals surface area contributed by atoms with E-state index in [1.54, 1.807) is 37.4 Å². The van der Waals surface area contributed by atoms with Crippen LogP contribution in [0.15, 0.2) is 60.8 Å². The molecule has 3 aromatic rings. The molecule has 0 aliphatic carbocycles. The Bertz CT molecular complexity index is 1670. The molecule has 0 radical (unpaired) electrons. The van der Waals surface area contributed by atoms with E-state index < -0.39 is 71.8 Å². The molecule has 5 rings (SSSR count). The van der Waals surface area contributed by atoms with E-state index in [0.29, 0.717) is 19.4 Å². The van der Waals surface area contributed by atoms with Gasteiger partial charge in [-0.25, -0.2) is 4.79 Å². The molecule has 0 spiro atoms. The molecule has 254 valence electrons. The Morgan fingerprint density at radius 3 is 2.33 bits per heavy atom. The topological polar surface area (TPSA) is 179 Å². The van der Waals surface area contributed by atoms with Gasteiger partial charge in [-0.2, -0.15) is 0 Å². The number of carbonyl (C=O) groups excluding carboxylic acids is 6. The van der Waals surface area contributed by atoms with Crippen LogP contribution >= 0.6 is 0 Å². The number of hydrogen-bond acceptors (Lipinski definition) is 7. The van der Waals surface area contributed by atoms with Crippen LogP contribution in [0.3, 0.4) is 0 Å². The summed E-state index contributed by atoms with van der Waals surface area (Å²) in [5.74, 6) is -3.66. The maximum absolute atomic E-state index is 13.9. The maximum Gasteiger partial charge on any atom is 0.329 e. The monoisotopic (exact) mass is 658 g/mol. The smallest absolute Gasteiger partial charge is 0.329 e. The molecule has 13 nitrogen and oxygen atoms in total. The number of cyclic esters (lactones) is 1. The van der Waals surface area contributed by atoms with Crippen LogP contribution in [-0.4, -0.2) is 88.2 Å². The molecule has 2 aliphatic rings. The van der Waals surface area contributed by atoms with Gasteiger partial charge in [0.25, 0.3) is 0 Å². The number of esters is 1. The number of nitrogens with one attached hydrogen (secondary N) is 5. The molecule has 1 aromatic heterocycles. The standard InChI is InChI=1S/C35H42N6O7/c1-4-29(42)40-30-21(3)48-35(47)27(18-23-19-36-25-14-9-8-13-24(23)25)39-32(44)28-15-10-16-41(28)34(46)20(2)37-31(43)26(38-33(30)45)17-22-11-6-5-7-12-22/h5-9,11-14,19-21,26-28,30,36H,4,10,15-18H2,1-3H3,(H,37,43)(H,38,45)(H,39,44)(H,40,42)/t20-,21-,26-,27+,28?,30?/m1/s1. The molecule has 6 atom stereocenters. The molecule has 5 N–H and O–H groups in total.